The topological polar surface area (TPSA) is 23.6 Å². The van der Waals surface area contributed by atoms with Crippen LogP contribution < -0.4 is 0 Å². The summed E-state index contributed by atoms with van der Waals surface area (Å²) in [7, 11) is 0. The van der Waals surface area contributed by atoms with Crippen molar-refractivity contribution in [2.75, 3.05) is 19.6 Å². The van der Waals surface area contributed by atoms with Crippen LogP contribution in [0.5, 0.6) is 0 Å². The van der Waals surface area contributed by atoms with Crippen LogP contribution in [0.25, 0.3) is 0 Å². The monoisotopic (exact) mass is 292 g/mol. The van der Waals surface area contributed by atoms with Gasteiger partial charge in [-0.15, -0.1) is 0 Å². The summed E-state index contributed by atoms with van der Waals surface area (Å²) in [6.07, 6.45) is 0. The molecule has 4 heteroatoms. The van der Waals surface area contributed by atoms with Crippen molar-refractivity contribution in [3.63, 3.8) is 0 Å². The first-order valence-corrected chi connectivity index (χ1v) is 7.69. The highest BCUT2D eigenvalue weighted by Crippen LogP contribution is 2.19. The molecule has 0 saturated carbocycles. The molecule has 1 fully saturated rings. The van der Waals surface area contributed by atoms with Crippen molar-refractivity contribution in [1.29, 1.82) is 0 Å². The molecule has 1 aromatic carbocycles. The highest BCUT2D eigenvalue weighted by atomic mass is 19.1. The van der Waals surface area contributed by atoms with E-state index in [-0.39, 0.29) is 11.7 Å². The van der Waals surface area contributed by atoms with Gasteiger partial charge in [0.15, 0.2) is 0 Å². The van der Waals surface area contributed by atoms with Crippen LogP contribution in [-0.2, 0) is 0 Å². The van der Waals surface area contributed by atoms with E-state index < -0.39 is 0 Å². The second-order valence-corrected chi connectivity index (χ2v) is 6.51. The Morgan fingerprint density at radius 1 is 1.19 bits per heavy atom. The number of carbonyl (C=O) groups is 1. The average molecular weight is 292 g/mol. The summed E-state index contributed by atoms with van der Waals surface area (Å²) < 4.78 is 13.0. The first-order chi connectivity index (χ1) is 9.88. The molecule has 0 N–H and O–H groups in total. The number of rotatable bonds is 3. The summed E-state index contributed by atoms with van der Waals surface area (Å²) >= 11 is 0. The largest absolute Gasteiger partial charge is 0.336 e. The lowest BCUT2D eigenvalue weighted by atomic mass is 10.0. The molecule has 2 unspecified atom stereocenters. The molecule has 1 heterocycles. The van der Waals surface area contributed by atoms with Crippen LogP contribution in [0, 0.1) is 11.7 Å². The van der Waals surface area contributed by atoms with Gasteiger partial charge in [-0.3, -0.25) is 9.69 Å². The number of amides is 1. The summed E-state index contributed by atoms with van der Waals surface area (Å²) in [6.45, 7) is 11.3. The first kappa shape index (κ1) is 16.0. The van der Waals surface area contributed by atoms with Crippen LogP contribution >= 0.6 is 0 Å². The summed E-state index contributed by atoms with van der Waals surface area (Å²) in [5.41, 5.74) is 0.563. The van der Waals surface area contributed by atoms with E-state index in [4.69, 9.17) is 0 Å². The molecule has 3 nitrogen and oxygen atoms in total. The van der Waals surface area contributed by atoms with Crippen LogP contribution in [0.15, 0.2) is 24.3 Å². The molecule has 1 aliphatic heterocycles. The number of carbonyl (C=O) groups excluding carboxylic acids is 1. The Morgan fingerprint density at radius 3 is 2.19 bits per heavy atom. The van der Waals surface area contributed by atoms with Gasteiger partial charge in [0.25, 0.3) is 5.91 Å². The molecule has 0 aromatic heterocycles. The molecule has 1 aromatic rings. The third-order valence-corrected chi connectivity index (χ3v) is 4.06. The van der Waals surface area contributed by atoms with E-state index in [1.165, 1.54) is 12.1 Å². The van der Waals surface area contributed by atoms with Crippen LogP contribution in [0.2, 0.25) is 0 Å². The predicted molar refractivity (Wildman–Crippen MR) is 82.8 cm³/mol. The molecule has 0 spiro atoms. The van der Waals surface area contributed by atoms with Gasteiger partial charge in [0, 0.05) is 37.3 Å². The van der Waals surface area contributed by atoms with E-state index in [1.54, 1.807) is 12.1 Å². The maximum Gasteiger partial charge on any atom is 0.253 e. The van der Waals surface area contributed by atoms with Crippen LogP contribution in [0.1, 0.15) is 38.1 Å². The quantitative estimate of drug-likeness (QED) is 0.855. The molecule has 1 saturated heterocycles. The van der Waals surface area contributed by atoms with Crippen molar-refractivity contribution in [2.45, 2.75) is 39.8 Å². The number of hydrogen-bond donors (Lipinski definition) is 0. The van der Waals surface area contributed by atoms with E-state index in [0.717, 1.165) is 19.6 Å². The fourth-order valence-electron chi connectivity index (χ4n) is 3.08. The predicted octanol–water partition coefficient (Wildman–Crippen LogP) is 3.02. The lowest BCUT2D eigenvalue weighted by Crippen LogP contribution is -2.58. The van der Waals surface area contributed by atoms with Crippen LogP contribution in [0.3, 0.4) is 0 Å². The Morgan fingerprint density at radius 2 is 1.71 bits per heavy atom. The highest BCUT2D eigenvalue weighted by Gasteiger charge is 2.32. The van der Waals surface area contributed by atoms with Crippen molar-refractivity contribution in [1.82, 2.24) is 9.80 Å². The molecule has 116 valence electrons. The molecule has 21 heavy (non-hydrogen) atoms. The summed E-state index contributed by atoms with van der Waals surface area (Å²) in [5, 5.41) is 0. The van der Waals surface area contributed by atoms with Gasteiger partial charge in [-0.05, 0) is 44.0 Å². The molecule has 1 aliphatic rings. The number of hydrogen-bond acceptors (Lipinski definition) is 2. The maximum absolute atomic E-state index is 13.0. The van der Waals surface area contributed by atoms with E-state index in [0.29, 0.717) is 23.6 Å². The minimum absolute atomic E-state index is 0.00195. The Kier molecular flexibility index (Phi) is 4.99. The van der Waals surface area contributed by atoms with E-state index in [2.05, 4.69) is 32.6 Å². The van der Waals surface area contributed by atoms with Crippen molar-refractivity contribution < 1.29 is 9.18 Å². The Bertz CT molecular complexity index is 474. The maximum atomic E-state index is 13.0. The van der Waals surface area contributed by atoms with Crippen molar-refractivity contribution >= 4 is 5.91 Å². The Labute approximate surface area is 126 Å². The fourth-order valence-corrected chi connectivity index (χ4v) is 3.08. The van der Waals surface area contributed by atoms with Gasteiger partial charge in [-0.2, -0.15) is 0 Å². The van der Waals surface area contributed by atoms with Gasteiger partial charge in [0.2, 0.25) is 0 Å². The first-order valence-electron chi connectivity index (χ1n) is 7.69. The summed E-state index contributed by atoms with van der Waals surface area (Å²) in [6, 6.07) is 6.51. The highest BCUT2D eigenvalue weighted by molar-refractivity contribution is 5.94. The fraction of sp³-hybridized carbons (Fsp3) is 0.588. The molecule has 0 bridgehead atoms. The third kappa shape index (κ3) is 3.82. The Balaban J connectivity index is 2.06. The zero-order chi connectivity index (χ0) is 15.6. The molecular weight excluding hydrogens is 267 g/mol. The second kappa shape index (κ2) is 6.56. The molecule has 2 rings (SSSR count). The SMILES string of the molecule is CC(C)CN1C(C)CN(C(=O)c2ccc(F)cc2)CC1C. The van der Waals surface area contributed by atoms with Crippen LogP contribution in [0.4, 0.5) is 4.39 Å². The second-order valence-electron chi connectivity index (χ2n) is 6.51. The lowest BCUT2D eigenvalue weighted by Gasteiger charge is -2.45. The van der Waals surface area contributed by atoms with Gasteiger partial charge >= 0.3 is 0 Å². The molecule has 0 aliphatic carbocycles. The zero-order valence-corrected chi connectivity index (χ0v) is 13.3. The van der Waals surface area contributed by atoms with E-state index in [1.807, 2.05) is 4.90 Å². The Hall–Kier alpha value is -1.42. The van der Waals surface area contributed by atoms with Gasteiger partial charge in [0.1, 0.15) is 5.82 Å². The van der Waals surface area contributed by atoms with E-state index in [9.17, 15) is 9.18 Å². The smallest absolute Gasteiger partial charge is 0.253 e. The molecule has 2 atom stereocenters. The third-order valence-electron chi connectivity index (χ3n) is 4.06. The molecular formula is C17H25FN2O. The zero-order valence-electron chi connectivity index (χ0n) is 13.3. The lowest BCUT2D eigenvalue weighted by molar-refractivity contribution is 0.0257. The number of benzene rings is 1. The summed E-state index contributed by atoms with van der Waals surface area (Å²) in [4.78, 5) is 16.9. The number of halogens is 1. The van der Waals surface area contributed by atoms with Gasteiger partial charge in [0.05, 0.1) is 0 Å². The molecule has 1 amide bonds. The van der Waals surface area contributed by atoms with Crippen LogP contribution in [-0.4, -0.2) is 47.4 Å². The minimum atomic E-state index is -0.310. The van der Waals surface area contributed by atoms with Crippen molar-refractivity contribution in [3.8, 4) is 0 Å². The van der Waals surface area contributed by atoms with E-state index >= 15 is 0 Å². The van der Waals surface area contributed by atoms with Crippen molar-refractivity contribution in [3.05, 3.63) is 35.6 Å². The van der Waals surface area contributed by atoms with Crippen molar-refractivity contribution in [2.24, 2.45) is 5.92 Å². The molecule has 0 radical (unpaired) electrons. The van der Waals surface area contributed by atoms with Gasteiger partial charge < -0.3 is 4.90 Å². The number of piperazine rings is 1. The minimum Gasteiger partial charge on any atom is -0.336 e. The summed E-state index contributed by atoms with van der Waals surface area (Å²) in [5.74, 6) is 0.308. The standard InChI is InChI=1S/C17H25FN2O/c1-12(2)9-20-13(3)10-19(11-14(20)4)17(21)15-5-7-16(18)8-6-15/h5-8,12-14H,9-11H2,1-4H3. The van der Waals surface area contributed by atoms with Gasteiger partial charge in [-0.1, -0.05) is 13.8 Å². The van der Waals surface area contributed by atoms with Gasteiger partial charge in [-0.25, -0.2) is 4.39 Å². The average Bonchev–Trinajstić information content (AvgIpc) is 2.42. The number of nitrogens with zero attached hydrogens (tertiary/aromatic N) is 2. The normalized spacial score (nSPS) is 23.6.